The van der Waals surface area contributed by atoms with E-state index in [0.29, 0.717) is 0 Å². The summed E-state index contributed by atoms with van der Waals surface area (Å²) in [5.74, 6) is -3.60. The van der Waals surface area contributed by atoms with Crippen molar-refractivity contribution < 1.29 is 34.1 Å². The summed E-state index contributed by atoms with van der Waals surface area (Å²) in [7, 11) is 0. The van der Waals surface area contributed by atoms with Crippen LogP contribution in [0.1, 0.15) is 12.8 Å². The Bertz CT molecular complexity index is 374. The summed E-state index contributed by atoms with van der Waals surface area (Å²) in [6.07, 6.45) is 0.759. The second kappa shape index (κ2) is 8.04. The molecule has 0 radical (unpaired) electrons. The maximum absolute atomic E-state index is 11.6. The number of aliphatic hydroxyl groups is 1. The number of ether oxygens (including phenoxy) is 2. The van der Waals surface area contributed by atoms with Crippen molar-refractivity contribution in [2.45, 2.75) is 18.4 Å². The van der Waals surface area contributed by atoms with Gasteiger partial charge < -0.3 is 19.7 Å². The van der Waals surface area contributed by atoms with Crippen LogP contribution in [0.4, 0.5) is 0 Å². The van der Waals surface area contributed by atoms with Gasteiger partial charge in [-0.15, -0.1) is 0 Å². The largest absolute Gasteiger partial charge is 0.481 e. The van der Waals surface area contributed by atoms with E-state index in [9.17, 15) is 19.5 Å². The molecule has 0 aromatic rings. The molecule has 0 aliphatic heterocycles. The van der Waals surface area contributed by atoms with Crippen molar-refractivity contribution in [2.75, 3.05) is 13.2 Å². The highest BCUT2D eigenvalue weighted by Gasteiger charge is 2.42. The number of carboxylic acid groups (broad SMARTS) is 1. The first kappa shape index (κ1) is 16.9. The Morgan fingerprint density at radius 1 is 1.05 bits per heavy atom. The third kappa shape index (κ3) is 6.37. The molecule has 0 aliphatic carbocycles. The van der Waals surface area contributed by atoms with E-state index in [1.165, 1.54) is 12.2 Å². The van der Waals surface area contributed by atoms with Gasteiger partial charge in [-0.05, 0) is 0 Å². The van der Waals surface area contributed by atoms with Crippen molar-refractivity contribution in [1.82, 2.24) is 0 Å². The van der Waals surface area contributed by atoms with Gasteiger partial charge >= 0.3 is 17.9 Å². The molecule has 0 saturated carbocycles. The Morgan fingerprint density at radius 3 is 2.05 bits per heavy atom. The fraction of sp³-hybridized carbons (Fsp3) is 0.417. The molecule has 7 nitrogen and oxygen atoms in total. The molecule has 2 N–H and O–H groups in total. The summed E-state index contributed by atoms with van der Waals surface area (Å²) < 4.78 is 9.15. The Kier molecular flexibility index (Phi) is 7.13. The highest BCUT2D eigenvalue weighted by Crippen LogP contribution is 2.19. The van der Waals surface area contributed by atoms with E-state index >= 15 is 0 Å². The van der Waals surface area contributed by atoms with Gasteiger partial charge in [-0.25, -0.2) is 4.79 Å². The van der Waals surface area contributed by atoms with Gasteiger partial charge in [-0.1, -0.05) is 25.3 Å². The normalized spacial score (nSPS) is 12.9. The quantitative estimate of drug-likeness (QED) is 0.450. The SMILES string of the molecule is C=CCOC(=O)CC(O)(CC(=O)O)C(=O)OCC=C. The monoisotopic (exact) mass is 272 g/mol. The number of carboxylic acids is 1. The van der Waals surface area contributed by atoms with Gasteiger partial charge in [0.2, 0.25) is 0 Å². The van der Waals surface area contributed by atoms with Crippen LogP contribution in [0.2, 0.25) is 0 Å². The van der Waals surface area contributed by atoms with E-state index in [-0.39, 0.29) is 13.2 Å². The van der Waals surface area contributed by atoms with Gasteiger partial charge in [0.25, 0.3) is 0 Å². The lowest BCUT2D eigenvalue weighted by molar-refractivity contribution is -0.175. The number of hydrogen-bond donors (Lipinski definition) is 2. The van der Waals surface area contributed by atoms with E-state index in [1.54, 1.807) is 0 Å². The standard InChI is InChI=1S/C12H16O7/c1-3-5-18-10(15)8-12(17,7-9(13)14)11(16)19-6-4-2/h3-4,17H,1-2,5-8H2,(H,13,14). The smallest absolute Gasteiger partial charge is 0.339 e. The summed E-state index contributed by atoms with van der Waals surface area (Å²) in [4.78, 5) is 33.5. The minimum Gasteiger partial charge on any atom is -0.481 e. The highest BCUT2D eigenvalue weighted by atomic mass is 16.6. The molecular formula is C12H16O7. The van der Waals surface area contributed by atoms with Crippen LogP contribution in [0.3, 0.4) is 0 Å². The number of hydrogen-bond acceptors (Lipinski definition) is 6. The Hall–Kier alpha value is -2.15. The molecule has 0 rings (SSSR count). The number of esters is 2. The predicted molar refractivity (Wildman–Crippen MR) is 64.1 cm³/mol. The van der Waals surface area contributed by atoms with Gasteiger partial charge in [0.05, 0.1) is 12.8 Å². The third-order valence-electron chi connectivity index (χ3n) is 1.95. The van der Waals surface area contributed by atoms with Crippen LogP contribution in [-0.2, 0) is 23.9 Å². The average Bonchev–Trinajstić information content (AvgIpc) is 2.32. The summed E-state index contributed by atoms with van der Waals surface area (Å²) in [6, 6.07) is 0. The predicted octanol–water partition coefficient (Wildman–Crippen LogP) is 0.0407. The molecule has 0 saturated heterocycles. The first-order valence-corrected chi connectivity index (χ1v) is 5.34. The molecule has 0 fully saturated rings. The Morgan fingerprint density at radius 2 is 1.58 bits per heavy atom. The summed E-state index contributed by atoms with van der Waals surface area (Å²) in [6.45, 7) is 6.30. The molecule has 0 bridgehead atoms. The first-order chi connectivity index (χ1) is 8.85. The minimum absolute atomic E-state index is 0.107. The second-order valence-corrected chi connectivity index (χ2v) is 3.64. The van der Waals surface area contributed by atoms with Gasteiger partial charge in [0.1, 0.15) is 13.2 Å². The molecular weight excluding hydrogens is 256 g/mol. The van der Waals surface area contributed by atoms with Gasteiger partial charge in [0.15, 0.2) is 5.60 Å². The summed E-state index contributed by atoms with van der Waals surface area (Å²) in [5, 5.41) is 18.6. The molecule has 0 heterocycles. The molecule has 0 amide bonds. The molecule has 19 heavy (non-hydrogen) atoms. The fourth-order valence-corrected chi connectivity index (χ4v) is 1.17. The number of aliphatic carboxylic acids is 1. The number of rotatable bonds is 9. The van der Waals surface area contributed by atoms with Crippen LogP contribution >= 0.6 is 0 Å². The van der Waals surface area contributed by atoms with Crippen molar-refractivity contribution in [1.29, 1.82) is 0 Å². The van der Waals surface area contributed by atoms with Crippen molar-refractivity contribution >= 4 is 17.9 Å². The maximum Gasteiger partial charge on any atom is 0.339 e. The summed E-state index contributed by atoms with van der Waals surface area (Å²) in [5.41, 5.74) is -2.47. The molecule has 0 aromatic heterocycles. The third-order valence-corrected chi connectivity index (χ3v) is 1.95. The van der Waals surface area contributed by atoms with E-state index < -0.39 is 36.4 Å². The fourth-order valence-electron chi connectivity index (χ4n) is 1.17. The molecule has 0 aromatic carbocycles. The van der Waals surface area contributed by atoms with Gasteiger partial charge in [-0.3, -0.25) is 9.59 Å². The Labute approximate surface area is 110 Å². The average molecular weight is 272 g/mol. The zero-order valence-corrected chi connectivity index (χ0v) is 10.3. The zero-order chi connectivity index (χ0) is 14.9. The molecule has 7 heteroatoms. The van der Waals surface area contributed by atoms with Crippen LogP contribution in [-0.4, -0.2) is 46.9 Å². The molecule has 1 unspecified atom stereocenters. The van der Waals surface area contributed by atoms with E-state index in [0.717, 1.165) is 0 Å². The molecule has 1 atom stereocenters. The molecule has 0 aliphatic rings. The number of carbonyl (C=O) groups is 3. The molecule has 0 spiro atoms. The van der Waals surface area contributed by atoms with Crippen molar-refractivity contribution in [3.8, 4) is 0 Å². The van der Waals surface area contributed by atoms with Crippen molar-refractivity contribution in [3.63, 3.8) is 0 Å². The van der Waals surface area contributed by atoms with E-state index in [2.05, 4.69) is 22.6 Å². The summed E-state index contributed by atoms with van der Waals surface area (Å²) >= 11 is 0. The van der Waals surface area contributed by atoms with Crippen molar-refractivity contribution in [3.05, 3.63) is 25.3 Å². The topological polar surface area (TPSA) is 110 Å². The molecule has 106 valence electrons. The maximum atomic E-state index is 11.6. The van der Waals surface area contributed by atoms with Gasteiger partial charge in [-0.2, -0.15) is 0 Å². The first-order valence-electron chi connectivity index (χ1n) is 5.34. The lowest BCUT2D eigenvalue weighted by Gasteiger charge is -2.22. The van der Waals surface area contributed by atoms with E-state index in [1.807, 2.05) is 0 Å². The van der Waals surface area contributed by atoms with Crippen LogP contribution in [0, 0.1) is 0 Å². The Balaban J connectivity index is 4.79. The van der Waals surface area contributed by atoms with Crippen molar-refractivity contribution in [2.24, 2.45) is 0 Å². The highest BCUT2D eigenvalue weighted by molar-refractivity contribution is 5.89. The lowest BCUT2D eigenvalue weighted by Crippen LogP contribution is -2.44. The van der Waals surface area contributed by atoms with E-state index in [4.69, 9.17) is 5.11 Å². The van der Waals surface area contributed by atoms with Crippen LogP contribution in [0.5, 0.6) is 0 Å². The van der Waals surface area contributed by atoms with Crippen LogP contribution < -0.4 is 0 Å². The second-order valence-electron chi connectivity index (χ2n) is 3.64. The minimum atomic E-state index is -2.47. The van der Waals surface area contributed by atoms with Crippen LogP contribution in [0.15, 0.2) is 25.3 Å². The zero-order valence-electron chi connectivity index (χ0n) is 10.3. The lowest BCUT2D eigenvalue weighted by atomic mass is 9.96. The van der Waals surface area contributed by atoms with Crippen LogP contribution in [0.25, 0.3) is 0 Å². The number of carbonyl (C=O) groups excluding carboxylic acids is 2. The van der Waals surface area contributed by atoms with Gasteiger partial charge in [0, 0.05) is 0 Å².